The highest BCUT2D eigenvalue weighted by Gasteiger charge is 2.58. The first-order valence-electron chi connectivity index (χ1n) is 15.2. The van der Waals surface area contributed by atoms with E-state index in [0.29, 0.717) is 38.6 Å². The van der Waals surface area contributed by atoms with Crippen molar-refractivity contribution in [1.29, 1.82) is 0 Å². The summed E-state index contributed by atoms with van der Waals surface area (Å²) >= 11 is 0. The third-order valence-corrected chi connectivity index (χ3v) is 9.15. The van der Waals surface area contributed by atoms with Crippen LogP contribution in [0.5, 0.6) is 0 Å². The van der Waals surface area contributed by atoms with Gasteiger partial charge in [0.2, 0.25) is 18.2 Å². The summed E-state index contributed by atoms with van der Waals surface area (Å²) in [6.45, 7) is 6.09. The van der Waals surface area contributed by atoms with Crippen molar-refractivity contribution in [2.45, 2.75) is 126 Å². The van der Waals surface area contributed by atoms with Crippen LogP contribution in [0.2, 0.25) is 0 Å². The SMILES string of the molecule is CC(C)(C)OC(=O)N[C@H]1CC[C@H](NCCC(F)F)C[C@H]2CC[C@@H](C(=O)N3C[C@H](c4ccccc4)CC34CC4)N2C1=O. The van der Waals surface area contributed by atoms with Crippen LogP contribution in [-0.2, 0) is 14.3 Å². The van der Waals surface area contributed by atoms with E-state index in [1.165, 1.54) is 5.56 Å². The van der Waals surface area contributed by atoms with Gasteiger partial charge in [0.25, 0.3) is 0 Å². The molecule has 3 heterocycles. The number of nitrogens with one attached hydrogen (secondary N) is 2. The standard InChI is InChI=1S/C31H44F2N4O4/c1-30(2,3)41-29(40)35-24-11-9-22(34-16-13-26(32)33)17-23-10-12-25(37(23)27(24)38)28(39)36-19-21(18-31(36)14-15-31)20-7-5-4-6-8-20/h4-8,21-26,34H,9-19H2,1-3H3,(H,35,40)/t21-,22+,23-,24+,25+/m1/s1. The Hall–Kier alpha value is -2.75. The zero-order valence-corrected chi connectivity index (χ0v) is 24.4. The number of halogens is 2. The molecule has 4 aliphatic rings. The Morgan fingerprint density at radius 1 is 1.10 bits per heavy atom. The van der Waals surface area contributed by atoms with Crippen molar-refractivity contribution in [3.63, 3.8) is 0 Å². The molecule has 1 aromatic carbocycles. The minimum Gasteiger partial charge on any atom is -0.444 e. The summed E-state index contributed by atoms with van der Waals surface area (Å²) in [7, 11) is 0. The molecule has 226 valence electrons. The quantitative estimate of drug-likeness (QED) is 0.498. The number of fused-ring (bicyclic) bond motifs is 1. The Bertz CT molecular complexity index is 1110. The molecular weight excluding hydrogens is 530 g/mol. The van der Waals surface area contributed by atoms with Gasteiger partial charge >= 0.3 is 6.09 Å². The summed E-state index contributed by atoms with van der Waals surface area (Å²) in [4.78, 5) is 44.8. The normalized spacial score (nSPS) is 29.3. The zero-order valence-electron chi connectivity index (χ0n) is 24.4. The monoisotopic (exact) mass is 574 g/mol. The van der Waals surface area contributed by atoms with Gasteiger partial charge in [-0.3, -0.25) is 9.59 Å². The molecule has 2 N–H and O–H groups in total. The number of hydrogen-bond acceptors (Lipinski definition) is 5. The fraction of sp³-hybridized carbons (Fsp3) is 0.710. The lowest BCUT2D eigenvalue weighted by molar-refractivity contribution is -0.148. The Balaban J connectivity index is 1.35. The van der Waals surface area contributed by atoms with Gasteiger partial charge in [-0.1, -0.05) is 30.3 Å². The number of carbonyl (C=O) groups excluding carboxylic acids is 3. The molecular formula is C31H44F2N4O4. The lowest BCUT2D eigenvalue weighted by Gasteiger charge is -2.39. The number of alkyl halides is 2. The highest BCUT2D eigenvalue weighted by Crippen LogP contribution is 2.54. The maximum atomic E-state index is 14.2. The van der Waals surface area contributed by atoms with Crippen LogP contribution in [0, 0.1) is 0 Å². The van der Waals surface area contributed by atoms with Crippen LogP contribution in [0.3, 0.4) is 0 Å². The highest BCUT2D eigenvalue weighted by molar-refractivity contribution is 5.93. The highest BCUT2D eigenvalue weighted by atomic mass is 19.3. The second-order valence-electron chi connectivity index (χ2n) is 13.3. The van der Waals surface area contributed by atoms with E-state index in [4.69, 9.17) is 4.74 Å². The van der Waals surface area contributed by atoms with E-state index in [1.807, 2.05) is 23.1 Å². The fourth-order valence-electron chi connectivity index (χ4n) is 7.09. The van der Waals surface area contributed by atoms with Crippen LogP contribution in [0.4, 0.5) is 13.6 Å². The molecule has 1 spiro atoms. The summed E-state index contributed by atoms with van der Waals surface area (Å²) in [5.74, 6) is 0.00913. The molecule has 1 aromatic rings. The van der Waals surface area contributed by atoms with E-state index in [9.17, 15) is 23.2 Å². The van der Waals surface area contributed by atoms with Crippen molar-refractivity contribution in [1.82, 2.24) is 20.4 Å². The smallest absolute Gasteiger partial charge is 0.408 e. The summed E-state index contributed by atoms with van der Waals surface area (Å²) in [6.07, 6.45) is 2.27. The van der Waals surface area contributed by atoms with Gasteiger partial charge in [-0.15, -0.1) is 0 Å². The second kappa shape index (κ2) is 11.9. The lowest BCUT2D eigenvalue weighted by atomic mass is 9.94. The number of carbonyl (C=O) groups is 3. The van der Waals surface area contributed by atoms with Crippen molar-refractivity contribution in [2.24, 2.45) is 0 Å². The lowest BCUT2D eigenvalue weighted by Crippen LogP contribution is -2.59. The Morgan fingerprint density at radius 2 is 1.83 bits per heavy atom. The third-order valence-electron chi connectivity index (χ3n) is 9.15. The Kier molecular flexibility index (Phi) is 8.60. The topological polar surface area (TPSA) is 91.0 Å². The number of amides is 3. The summed E-state index contributed by atoms with van der Waals surface area (Å²) in [6, 6.07) is 8.55. The van der Waals surface area contributed by atoms with Gasteiger partial charge < -0.3 is 25.2 Å². The van der Waals surface area contributed by atoms with Crippen molar-refractivity contribution < 1.29 is 27.9 Å². The van der Waals surface area contributed by atoms with Gasteiger partial charge in [-0.25, -0.2) is 13.6 Å². The predicted molar refractivity (Wildman–Crippen MR) is 151 cm³/mol. The molecule has 4 fully saturated rings. The first-order chi connectivity index (χ1) is 19.5. The van der Waals surface area contributed by atoms with Gasteiger partial charge in [-0.2, -0.15) is 0 Å². The van der Waals surface area contributed by atoms with Gasteiger partial charge in [-0.05, 0) is 77.7 Å². The maximum absolute atomic E-state index is 14.2. The molecule has 0 bridgehead atoms. The van der Waals surface area contributed by atoms with E-state index in [1.54, 1.807) is 25.7 Å². The summed E-state index contributed by atoms with van der Waals surface area (Å²) in [5, 5.41) is 6.01. The molecule has 5 rings (SSSR count). The van der Waals surface area contributed by atoms with Crippen LogP contribution in [0.25, 0.3) is 0 Å². The average molecular weight is 575 g/mol. The van der Waals surface area contributed by atoms with E-state index in [0.717, 1.165) is 19.3 Å². The summed E-state index contributed by atoms with van der Waals surface area (Å²) in [5.41, 5.74) is 0.376. The maximum Gasteiger partial charge on any atom is 0.408 e. The second-order valence-corrected chi connectivity index (χ2v) is 13.3. The number of alkyl carbamates (subject to hydrolysis) is 1. The molecule has 41 heavy (non-hydrogen) atoms. The molecule has 1 aliphatic carbocycles. The van der Waals surface area contributed by atoms with E-state index < -0.39 is 30.2 Å². The minimum absolute atomic E-state index is 0.00409. The van der Waals surface area contributed by atoms with E-state index >= 15 is 0 Å². The van der Waals surface area contributed by atoms with Crippen LogP contribution in [0.1, 0.15) is 90.0 Å². The molecule has 3 amide bonds. The van der Waals surface area contributed by atoms with Crippen LogP contribution >= 0.6 is 0 Å². The van der Waals surface area contributed by atoms with Crippen molar-refractivity contribution >= 4 is 17.9 Å². The predicted octanol–water partition coefficient (Wildman–Crippen LogP) is 4.59. The number of benzene rings is 1. The molecule has 0 radical (unpaired) electrons. The largest absolute Gasteiger partial charge is 0.444 e. The summed E-state index contributed by atoms with van der Waals surface area (Å²) < 4.78 is 31.1. The molecule has 8 nitrogen and oxygen atoms in total. The fourth-order valence-corrected chi connectivity index (χ4v) is 7.09. The molecule has 1 saturated carbocycles. The van der Waals surface area contributed by atoms with Crippen LogP contribution in [-0.4, -0.2) is 82.5 Å². The molecule has 0 aromatic heterocycles. The zero-order chi connectivity index (χ0) is 29.4. The van der Waals surface area contributed by atoms with Gasteiger partial charge in [0.05, 0.1) is 0 Å². The molecule has 3 saturated heterocycles. The van der Waals surface area contributed by atoms with Crippen LogP contribution < -0.4 is 10.6 Å². The Labute approximate surface area is 241 Å². The number of ether oxygens (including phenoxy) is 1. The molecule has 10 heteroatoms. The number of likely N-dealkylation sites (tertiary alicyclic amines) is 1. The molecule has 5 atom stereocenters. The van der Waals surface area contributed by atoms with Gasteiger partial charge in [0.15, 0.2) is 0 Å². The first kappa shape index (κ1) is 29.7. The minimum atomic E-state index is -2.39. The molecule has 3 aliphatic heterocycles. The van der Waals surface area contributed by atoms with E-state index in [-0.39, 0.29) is 48.3 Å². The number of nitrogens with zero attached hydrogens (tertiary/aromatic N) is 2. The first-order valence-corrected chi connectivity index (χ1v) is 15.2. The van der Waals surface area contributed by atoms with Gasteiger partial charge in [0, 0.05) is 43.1 Å². The van der Waals surface area contributed by atoms with E-state index in [2.05, 4.69) is 22.8 Å². The van der Waals surface area contributed by atoms with Crippen molar-refractivity contribution in [3.05, 3.63) is 35.9 Å². The number of hydrogen-bond donors (Lipinski definition) is 2. The molecule has 0 unspecified atom stereocenters. The third kappa shape index (κ3) is 6.84. The van der Waals surface area contributed by atoms with Gasteiger partial charge in [0.1, 0.15) is 17.7 Å². The van der Waals surface area contributed by atoms with Crippen molar-refractivity contribution in [2.75, 3.05) is 13.1 Å². The van der Waals surface area contributed by atoms with Crippen LogP contribution in [0.15, 0.2) is 30.3 Å². The number of rotatable bonds is 7. The Morgan fingerprint density at radius 3 is 2.49 bits per heavy atom. The average Bonchev–Trinajstić information content (AvgIpc) is 3.39. The van der Waals surface area contributed by atoms with Crippen molar-refractivity contribution in [3.8, 4) is 0 Å².